The zero-order chi connectivity index (χ0) is 15.9. The number of alkyl halides is 3. The third-order valence-corrected chi connectivity index (χ3v) is 3.85. The fraction of sp³-hybridized carbons (Fsp3) is 0.467. The van der Waals surface area contributed by atoms with Crippen molar-refractivity contribution in [2.45, 2.75) is 31.5 Å². The summed E-state index contributed by atoms with van der Waals surface area (Å²) in [6.45, 7) is 0. The molecular weight excluding hydrogens is 297 g/mol. The summed E-state index contributed by atoms with van der Waals surface area (Å²) in [4.78, 5) is 23.7. The molecule has 2 amide bonds. The Bertz CT molecular complexity index is 611. The number of carbonyl (C=O) groups excluding carboxylic acids is 2. The van der Waals surface area contributed by atoms with Crippen molar-refractivity contribution in [2.75, 3.05) is 5.32 Å². The van der Waals surface area contributed by atoms with Gasteiger partial charge in [0.25, 0.3) is 0 Å². The third-order valence-electron chi connectivity index (χ3n) is 3.85. The number of hydrogen-bond acceptors (Lipinski definition) is 2. The van der Waals surface area contributed by atoms with Crippen molar-refractivity contribution in [3.05, 3.63) is 29.8 Å². The van der Waals surface area contributed by atoms with Gasteiger partial charge in [0.05, 0.1) is 17.4 Å². The molecule has 2 saturated carbocycles. The molecule has 0 aromatic heterocycles. The van der Waals surface area contributed by atoms with Crippen LogP contribution in [0.15, 0.2) is 24.3 Å². The van der Waals surface area contributed by atoms with Crippen LogP contribution in [0.3, 0.4) is 0 Å². The highest BCUT2D eigenvalue weighted by atomic mass is 19.4. The van der Waals surface area contributed by atoms with E-state index in [4.69, 9.17) is 0 Å². The summed E-state index contributed by atoms with van der Waals surface area (Å²) in [6, 6.07) is 4.70. The first-order valence-electron chi connectivity index (χ1n) is 7.13. The van der Waals surface area contributed by atoms with E-state index in [1.165, 1.54) is 12.1 Å². The van der Waals surface area contributed by atoms with Crippen LogP contribution in [-0.4, -0.2) is 17.9 Å². The molecule has 22 heavy (non-hydrogen) atoms. The topological polar surface area (TPSA) is 58.2 Å². The minimum atomic E-state index is -4.45. The summed E-state index contributed by atoms with van der Waals surface area (Å²) in [5.74, 6) is -1.35. The quantitative estimate of drug-likeness (QED) is 0.898. The van der Waals surface area contributed by atoms with Crippen molar-refractivity contribution < 1.29 is 22.8 Å². The summed E-state index contributed by atoms with van der Waals surface area (Å²) in [6.07, 6.45) is -2.06. The molecule has 1 aromatic carbocycles. The number of halogens is 3. The zero-order valence-electron chi connectivity index (χ0n) is 11.6. The second-order valence-electron chi connectivity index (χ2n) is 5.80. The number of nitrogens with one attached hydrogen (secondary N) is 2. The van der Waals surface area contributed by atoms with Gasteiger partial charge in [-0.2, -0.15) is 13.2 Å². The van der Waals surface area contributed by atoms with Crippen LogP contribution in [0.4, 0.5) is 18.9 Å². The van der Waals surface area contributed by atoms with Crippen molar-refractivity contribution in [1.82, 2.24) is 5.32 Å². The number of amides is 2. The van der Waals surface area contributed by atoms with E-state index in [-0.39, 0.29) is 23.6 Å². The van der Waals surface area contributed by atoms with Gasteiger partial charge in [0, 0.05) is 11.7 Å². The van der Waals surface area contributed by atoms with Crippen LogP contribution in [0.25, 0.3) is 0 Å². The lowest BCUT2D eigenvalue weighted by Gasteiger charge is -2.10. The fourth-order valence-electron chi connectivity index (χ4n) is 2.32. The van der Waals surface area contributed by atoms with Gasteiger partial charge in [-0.05, 0) is 37.5 Å². The molecule has 2 atom stereocenters. The lowest BCUT2D eigenvalue weighted by atomic mass is 10.2. The molecule has 2 fully saturated rings. The van der Waals surface area contributed by atoms with Crippen LogP contribution in [0.1, 0.15) is 24.8 Å². The Morgan fingerprint density at radius 3 is 2.41 bits per heavy atom. The first-order chi connectivity index (χ1) is 10.3. The van der Waals surface area contributed by atoms with Crippen LogP contribution in [-0.2, 0) is 15.8 Å². The average Bonchev–Trinajstić information content (AvgIpc) is 3.32. The van der Waals surface area contributed by atoms with Gasteiger partial charge in [-0.1, -0.05) is 6.07 Å². The Kier molecular flexibility index (Phi) is 3.58. The number of hydrogen-bond donors (Lipinski definition) is 2. The summed E-state index contributed by atoms with van der Waals surface area (Å²) in [7, 11) is 0. The predicted molar refractivity (Wildman–Crippen MR) is 72.8 cm³/mol. The smallest absolute Gasteiger partial charge is 0.353 e. The van der Waals surface area contributed by atoms with E-state index in [2.05, 4.69) is 10.6 Å². The molecule has 2 N–H and O–H groups in total. The maximum absolute atomic E-state index is 12.6. The van der Waals surface area contributed by atoms with Crippen LogP contribution >= 0.6 is 0 Å². The summed E-state index contributed by atoms with van der Waals surface area (Å²) in [5, 5.41) is 5.28. The minimum absolute atomic E-state index is 0.0908. The number of benzene rings is 1. The van der Waals surface area contributed by atoms with Crippen molar-refractivity contribution >= 4 is 17.5 Å². The van der Waals surface area contributed by atoms with Gasteiger partial charge in [0.1, 0.15) is 0 Å². The van der Waals surface area contributed by atoms with E-state index in [9.17, 15) is 22.8 Å². The van der Waals surface area contributed by atoms with Crippen LogP contribution in [0.2, 0.25) is 0 Å². The average molecular weight is 312 g/mol. The molecule has 2 aliphatic rings. The SMILES string of the molecule is O=C(Nc1cccc(C(F)(F)F)c1)C1CC1C(=O)NC1CC1. The molecule has 1 aromatic rings. The first kappa shape index (κ1) is 14.9. The van der Waals surface area contributed by atoms with Gasteiger partial charge < -0.3 is 10.6 Å². The van der Waals surface area contributed by atoms with E-state index >= 15 is 0 Å². The number of rotatable bonds is 4. The number of anilines is 1. The Labute approximate surface area is 125 Å². The standard InChI is InChI=1S/C15H15F3N2O2/c16-15(17,18)8-2-1-3-10(6-8)20-14(22)12-7-11(12)13(21)19-9-4-5-9/h1-3,6,9,11-12H,4-5,7H2,(H,19,21)(H,20,22). The van der Waals surface area contributed by atoms with Gasteiger partial charge in [0.2, 0.25) is 11.8 Å². The molecule has 3 rings (SSSR count). The Morgan fingerprint density at radius 1 is 1.09 bits per heavy atom. The highest BCUT2D eigenvalue weighted by Crippen LogP contribution is 2.40. The maximum Gasteiger partial charge on any atom is 0.416 e. The van der Waals surface area contributed by atoms with Crippen LogP contribution in [0, 0.1) is 11.8 Å². The molecular formula is C15H15F3N2O2. The minimum Gasteiger partial charge on any atom is -0.353 e. The molecule has 7 heteroatoms. The lowest BCUT2D eigenvalue weighted by molar-refractivity contribution is -0.137. The lowest BCUT2D eigenvalue weighted by Crippen LogP contribution is -2.29. The van der Waals surface area contributed by atoms with Crippen molar-refractivity contribution in [1.29, 1.82) is 0 Å². The highest BCUT2D eigenvalue weighted by Gasteiger charge is 2.48. The summed E-state index contributed by atoms with van der Waals surface area (Å²) in [5.41, 5.74) is -0.725. The molecule has 0 heterocycles. The third kappa shape index (κ3) is 3.40. The monoisotopic (exact) mass is 312 g/mol. The van der Waals surface area contributed by atoms with Crippen molar-refractivity contribution in [3.8, 4) is 0 Å². The van der Waals surface area contributed by atoms with Crippen molar-refractivity contribution in [2.24, 2.45) is 11.8 Å². The zero-order valence-corrected chi connectivity index (χ0v) is 11.6. The predicted octanol–water partition coefficient (Wildman–Crippen LogP) is 2.56. The normalized spacial score (nSPS) is 23.8. The molecule has 4 nitrogen and oxygen atoms in total. The van der Waals surface area contributed by atoms with Gasteiger partial charge in [0.15, 0.2) is 0 Å². The van der Waals surface area contributed by atoms with E-state index in [0.29, 0.717) is 6.42 Å². The van der Waals surface area contributed by atoms with Gasteiger partial charge in [-0.25, -0.2) is 0 Å². The van der Waals surface area contributed by atoms with Crippen LogP contribution < -0.4 is 10.6 Å². The van der Waals surface area contributed by atoms with Crippen LogP contribution in [0.5, 0.6) is 0 Å². The summed E-state index contributed by atoms with van der Waals surface area (Å²) < 4.78 is 37.8. The Morgan fingerprint density at radius 2 is 1.77 bits per heavy atom. The second kappa shape index (κ2) is 5.30. The first-order valence-corrected chi connectivity index (χ1v) is 7.13. The molecule has 0 bridgehead atoms. The van der Waals surface area contributed by atoms with Gasteiger partial charge >= 0.3 is 6.18 Å². The summed E-state index contributed by atoms with van der Waals surface area (Å²) >= 11 is 0. The maximum atomic E-state index is 12.6. The van der Waals surface area contributed by atoms with E-state index in [0.717, 1.165) is 25.0 Å². The molecule has 0 aliphatic heterocycles. The molecule has 0 spiro atoms. The molecule has 2 unspecified atom stereocenters. The molecule has 2 aliphatic carbocycles. The van der Waals surface area contributed by atoms with Crippen molar-refractivity contribution in [3.63, 3.8) is 0 Å². The van der Waals surface area contributed by atoms with E-state index in [1.807, 2.05) is 0 Å². The fourth-order valence-corrected chi connectivity index (χ4v) is 2.32. The van der Waals surface area contributed by atoms with Gasteiger partial charge in [-0.3, -0.25) is 9.59 Å². The Hall–Kier alpha value is -2.05. The Balaban J connectivity index is 1.57. The highest BCUT2D eigenvalue weighted by molar-refractivity contribution is 5.99. The van der Waals surface area contributed by atoms with E-state index < -0.39 is 23.6 Å². The van der Waals surface area contributed by atoms with Gasteiger partial charge in [-0.15, -0.1) is 0 Å². The molecule has 118 valence electrons. The second-order valence-corrected chi connectivity index (χ2v) is 5.80. The van der Waals surface area contributed by atoms with E-state index in [1.54, 1.807) is 0 Å². The number of carbonyl (C=O) groups is 2. The largest absolute Gasteiger partial charge is 0.416 e. The molecule has 0 radical (unpaired) electrons. The molecule has 0 saturated heterocycles.